The van der Waals surface area contributed by atoms with E-state index in [0.717, 1.165) is 11.0 Å². The minimum absolute atomic E-state index is 0.0920. The van der Waals surface area contributed by atoms with Crippen molar-refractivity contribution in [2.75, 3.05) is 18.8 Å². The fourth-order valence-corrected chi connectivity index (χ4v) is 4.06. The summed E-state index contributed by atoms with van der Waals surface area (Å²) in [5, 5.41) is 14.0. The van der Waals surface area contributed by atoms with Gasteiger partial charge in [0.2, 0.25) is 10.0 Å². The normalized spacial score (nSPS) is 15.4. The summed E-state index contributed by atoms with van der Waals surface area (Å²) in [6.07, 6.45) is 8.82. The van der Waals surface area contributed by atoms with Gasteiger partial charge in [0, 0.05) is 43.3 Å². The molecule has 0 aromatic carbocycles. The van der Waals surface area contributed by atoms with Crippen LogP contribution in [-0.4, -0.2) is 56.3 Å². The maximum absolute atomic E-state index is 11.7. The summed E-state index contributed by atoms with van der Waals surface area (Å²) >= 11 is 0. The van der Waals surface area contributed by atoms with Crippen LogP contribution in [0.3, 0.4) is 0 Å². The van der Waals surface area contributed by atoms with E-state index in [1.54, 1.807) is 36.3 Å². The van der Waals surface area contributed by atoms with Crippen LogP contribution in [0.5, 0.6) is 0 Å². The van der Waals surface area contributed by atoms with Gasteiger partial charge in [0.1, 0.15) is 17.5 Å². The first kappa shape index (κ1) is 21.5. The van der Waals surface area contributed by atoms with Crippen LogP contribution in [0.15, 0.2) is 43.2 Å². The third kappa shape index (κ3) is 4.55. The molecule has 0 atom stereocenters. The van der Waals surface area contributed by atoms with E-state index < -0.39 is 15.6 Å². The third-order valence-electron chi connectivity index (χ3n) is 4.32. The Bertz CT molecular complexity index is 970. The predicted molar refractivity (Wildman–Crippen MR) is 107 cm³/mol. The van der Waals surface area contributed by atoms with Crippen molar-refractivity contribution in [1.29, 1.82) is 5.26 Å². The maximum atomic E-state index is 11.7. The number of nitrogens with zero attached hydrogens (tertiary/aromatic N) is 6. The first-order valence-electron chi connectivity index (χ1n) is 9.09. The maximum Gasteiger partial charge on any atom is 0.213 e. The summed E-state index contributed by atoms with van der Waals surface area (Å²) in [6.45, 7) is 6.28. The molecule has 4 heterocycles. The number of hydrogen-bond acceptors (Lipinski definition) is 6. The van der Waals surface area contributed by atoms with Crippen molar-refractivity contribution in [2.45, 2.75) is 32.7 Å². The SMILES string of the molecule is CC.CCS(=O)(=O)N1CC(CC#N)(n2cccn2)C1.c1ncc2cc[nH]c2n1. The molecule has 1 saturated heterocycles. The zero-order valence-corrected chi connectivity index (χ0v) is 17.1. The Kier molecular flexibility index (Phi) is 7.25. The Morgan fingerprint density at radius 2 is 2.11 bits per heavy atom. The number of aromatic amines is 1. The highest BCUT2D eigenvalue weighted by Crippen LogP contribution is 2.33. The molecular weight excluding hydrogens is 378 g/mol. The van der Waals surface area contributed by atoms with Gasteiger partial charge in [-0.15, -0.1) is 0 Å². The Morgan fingerprint density at radius 1 is 1.36 bits per heavy atom. The number of H-pyrrole nitrogens is 1. The van der Waals surface area contributed by atoms with Crippen LogP contribution >= 0.6 is 0 Å². The second kappa shape index (κ2) is 9.43. The predicted octanol–water partition coefficient (Wildman–Crippen LogP) is 2.14. The van der Waals surface area contributed by atoms with Gasteiger partial charge in [-0.3, -0.25) is 4.68 Å². The molecule has 0 amide bonds. The zero-order chi connectivity index (χ0) is 20.6. The van der Waals surface area contributed by atoms with E-state index in [-0.39, 0.29) is 12.2 Å². The smallest absolute Gasteiger partial charge is 0.213 e. The number of hydrogen-bond donors (Lipinski definition) is 1. The van der Waals surface area contributed by atoms with Gasteiger partial charge >= 0.3 is 0 Å². The molecule has 28 heavy (non-hydrogen) atoms. The Balaban J connectivity index is 0.000000213. The molecule has 9 nitrogen and oxygen atoms in total. The van der Waals surface area contributed by atoms with Crippen molar-refractivity contribution < 1.29 is 8.42 Å². The van der Waals surface area contributed by atoms with Gasteiger partial charge in [-0.1, -0.05) is 13.8 Å². The fraction of sp³-hybridized carbons (Fsp3) is 0.444. The second-order valence-electron chi connectivity index (χ2n) is 5.98. The molecule has 0 unspecified atom stereocenters. The first-order chi connectivity index (χ1) is 13.5. The van der Waals surface area contributed by atoms with E-state index >= 15 is 0 Å². The van der Waals surface area contributed by atoms with Crippen LogP contribution < -0.4 is 0 Å². The van der Waals surface area contributed by atoms with Crippen LogP contribution in [0.2, 0.25) is 0 Å². The van der Waals surface area contributed by atoms with Crippen LogP contribution in [0, 0.1) is 11.3 Å². The van der Waals surface area contributed by atoms with Gasteiger partial charge in [0.05, 0.1) is 18.2 Å². The number of rotatable bonds is 4. The Labute approximate surface area is 165 Å². The van der Waals surface area contributed by atoms with E-state index in [1.807, 2.05) is 26.1 Å². The molecule has 3 aromatic rings. The van der Waals surface area contributed by atoms with Gasteiger partial charge < -0.3 is 4.98 Å². The van der Waals surface area contributed by atoms with Crippen molar-refractivity contribution in [3.05, 3.63) is 43.2 Å². The summed E-state index contributed by atoms with van der Waals surface area (Å²) in [5.41, 5.74) is 0.408. The highest BCUT2D eigenvalue weighted by atomic mass is 32.2. The molecule has 0 bridgehead atoms. The van der Waals surface area contributed by atoms with Crippen molar-refractivity contribution in [1.82, 2.24) is 29.0 Å². The van der Waals surface area contributed by atoms with Crippen LogP contribution in [-0.2, 0) is 15.6 Å². The number of aromatic nitrogens is 5. The summed E-state index contributed by atoms with van der Waals surface area (Å²) in [4.78, 5) is 10.8. The molecule has 150 valence electrons. The largest absolute Gasteiger partial charge is 0.346 e. The van der Waals surface area contributed by atoms with Gasteiger partial charge in [-0.2, -0.15) is 14.7 Å². The molecule has 0 aliphatic carbocycles. The lowest BCUT2D eigenvalue weighted by molar-refractivity contribution is 0.0718. The Hall–Kier alpha value is -2.77. The van der Waals surface area contributed by atoms with Crippen LogP contribution in [0.25, 0.3) is 11.0 Å². The van der Waals surface area contributed by atoms with Gasteiger partial charge in [-0.25, -0.2) is 18.4 Å². The third-order valence-corrected chi connectivity index (χ3v) is 6.10. The fourth-order valence-electron chi connectivity index (χ4n) is 2.82. The molecule has 0 saturated carbocycles. The van der Waals surface area contributed by atoms with Crippen LogP contribution in [0.1, 0.15) is 27.2 Å². The van der Waals surface area contributed by atoms with E-state index in [0.29, 0.717) is 13.1 Å². The summed E-state index contributed by atoms with van der Waals surface area (Å²) in [5.74, 6) is 0.0920. The first-order valence-corrected chi connectivity index (χ1v) is 10.7. The summed E-state index contributed by atoms with van der Waals surface area (Å²) in [6, 6.07) is 5.82. The van der Waals surface area contributed by atoms with E-state index in [4.69, 9.17) is 5.26 Å². The average Bonchev–Trinajstić information content (AvgIpc) is 3.38. The lowest BCUT2D eigenvalue weighted by Crippen LogP contribution is -2.64. The van der Waals surface area contributed by atoms with Gasteiger partial charge in [0.15, 0.2) is 0 Å². The lowest BCUT2D eigenvalue weighted by Gasteiger charge is -2.47. The average molecular weight is 404 g/mol. The molecule has 0 radical (unpaired) electrons. The Morgan fingerprint density at radius 3 is 2.68 bits per heavy atom. The van der Waals surface area contributed by atoms with Crippen molar-refractivity contribution in [3.63, 3.8) is 0 Å². The standard InChI is InChI=1S/C10H14N4O2S.C6H5N3.C2H6/c1-2-17(15,16)13-8-10(9-13,4-5-11)14-7-3-6-12-14;1-2-8-6-5(1)3-7-4-9-6;1-2/h3,6-7H,2,4,8-9H2,1H3;1-4H,(H,7,8,9);1-2H3. The molecule has 4 rings (SSSR count). The molecule has 1 N–H and O–H groups in total. The monoisotopic (exact) mass is 403 g/mol. The minimum atomic E-state index is -3.16. The molecule has 1 fully saturated rings. The molecular formula is C18H25N7O2S. The number of nitriles is 1. The molecule has 3 aromatic heterocycles. The van der Waals surface area contributed by atoms with E-state index in [1.165, 1.54) is 10.6 Å². The molecule has 1 aliphatic heterocycles. The van der Waals surface area contributed by atoms with Crippen molar-refractivity contribution >= 4 is 21.1 Å². The van der Waals surface area contributed by atoms with Gasteiger partial charge in [-0.05, 0) is 19.1 Å². The minimum Gasteiger partial charge on any atom is -0.346 e. The molecule has 1 aliphatic rings. The molecule has 0 spiro atoms. The van der Waals surface area contributed by atoms with Crippen molar-refractivity contribution in [2.24, 2.45) is 0 Å². The van der Waals surface area contributed by atoms with Crippen molar-refractivity contribution in [3.8, 4) is 6.07 Å². The van der Waals surface area contributed by atoms with E-state index in [2.05, 4.69) is 26.1 Å². The zero-order valence-electron chi connectivity index (χ0n) is 16.3. The highest BCUT2D eigenvalue weighted by molar-refractivity contribution is 7.89. The molecule has 10 heteroatoms. The summed E-state index contributed by atoms with van der Waals surface area (Å²) < 4.78 is 26.4. The quantitative estimate of drug-likeness (QED) is 0.712. The summed E-state index contributed by atoms with van der Waals surface area (Å²) in [7, 11) is -3.16. The van der Waals surface area contributed by atoms with E-state index in [9.17, 15) is 8.42 Å². The number of fused-ring (bicyclic) bond motifs is 1. The van der Waals surface area contributed by atoms with Crippen LogP contribution in [0.4, 0.5) is 0 Å². The van der Waals surface area contributed by atoms with Gasteiger partial charge in [0.25, 0.3) is 0 Å². The number of nitrogens with one attached hydrogen (secondary N) is 1. The second-order valence-corrected chi connectivity index (χ2v) is 8.24. The highest BCUT2D eigenvalue weighted by Gasteiger charge is 2.49. The topological polar surface area (TPSA) is 121 Å². The lowest BCUT2D eigenvalue weighted by atomic mass is 9.89. The number of sulfonamides is 1.